The third kappa shape index (κ3) is 2.08. The van der Waals surface area contributed by atoms with Gasteiger partial charge in [-0.05, 0) is 44.4 Å². The Morgan fingerprint density at radius 1 is 1.29 bits per heavy atom. The molecule has 4 heteroatoms. The van der Waals surface area contributed by atoms with E-state index in [-0.39, 0.29) is 6.61 Å². The minimum absolute atomic E-state index is 0.160. The van der Waals surface area contributed by atoms with Crippen molar-refractivity contribution in [2.45, 2.75) is 51.0 Å². The Morgan fingerprint density at radius 3 is 2.41 bits per heavy atom. The van der Waals surface area contributed by atoms with Crippen LogP contribution in [-0.4, -0.2) is 35.0 Å². The molecule has 0 amide bonds. The van der Waals surface area contributed by atoms with Gasteiger partial charge in [-0.25, -0.2) is 0 Å². The summed E-state index contributed by atoms with van der Waals surface area (Å²) in [5, 5.41) is 20.3. The molecule has 2 fully saturated rings. The average molecular weight is 242 g/mol. The quantitative estimate of drug-likeness (QED) is 0.775. The fourth-order valence-electron chi connectivity index (χ4n) is 3.25. The number of hydrogen-bond donors (Lipinski definition) is 2. The van der Waals surface area contributed by atoms with Crippen molar-refractivity contribution in [3.05, 3.63) is 0 Å². The fraction of sp³-hybridized carbons (Fsp3) is 0.923. The molecule has 0 radical (unpaired) electrons. The molecule has 17 heavy (non-hydrogen) atoms. The van der Waals surface area contributed by atoms with Crippen LogP contribution in [0.2, 0.25) is 0 Å². The van der Waals surface area contributed by atoms with Gasteiger partial charge in [0.15, 0.2) is 0 Å². The molecule has 1 atom stereocenters. The van der Waals surface area contributed by atoms with Gasteiger partial charge in [0, 0.05) is 6.61 Å². The molecule has 1 saturated heterocycles. The number of carboxylic acids is 1. The van der Waals surface area contributed by atoms with E-state index in [1.165, 1.54) is 0 Å². The molecule has 0 aromatic rings. The summed E-state index contributed by atoms with van der Waals surface area (Å²) in [5.41, 5.74) is -2.16. The largest absolute Gasteiger partial charge is 0.481 e. The first-order valence-electron chi connectivity index (χ1n) is 6.54. The lowest BCUT2D eigenvalue weighted by atomic mass is 9.61. The normalized spacial score (nSPS) is 43.3. The molecule has 1 unspecified atom stereocenters. The Bertz CT molecular complexity index is 286. The van der Waals surface area contributed by atoms with Crippen molar-refractivity contribution in [1.82, 2.24) is 0 Å². The van der Waals surface area contributed by atoms with Gasteiger partial charge in [0.05, 0.1) is 12.2 Å². The molecule has 0 aromatic heterocycles. The number of aliphatic carboxylic acids is 1. The van der Waals surface area contributed by atoms with Gasteiger partial charge < -0.3 is 14.9 Å². The minimum atomic E-state index is -1.08. The van der Waals surface area contributed by atoms with Gasteiger partial charge in [0.2, 0.25) is 0 Å². The van der Waals surface area contributed by atoms with Gasteiger partial charge in [-0.3, -0.25) is 4.79 Å². The highest BCUT2D eigenvalue weighted by atomic mass is 16.5. The van der Waals surface area contributed by atoms with E-state index in [4.69, 9.17) is 4.74 Å². The van der Waals surface area contributed by atoms with E-state index in [1.54, 1.807) is 0 Å². The van der Waals surface area contributed by atoms with Crippen LogP contribution in [-0.2, 0) is 9.53 Å². The zero-order valence-corrected chi connectivity index (χ0v) is 10.4. The van der Waals surface area contributed by atoms with Crippen molar-refractivity contribution in [1.29, 1.82) is 0 Å². The maximum Gasteiger partial charge on any atom is 0.314 e. The van der Waals surface area contributed by atoms with Crippen LogP contribution in [0, 0.1) is 11.3 Å². The Hall–Kier alpha value is -0.610. The summed E-state index contributed by atoms with van der Waals surface area (Å²) in [5.74, 6) is -0.306. The first kappa shape index (κ1) is 12.8. The summed E-state index contributed by atoms with van der Waals surface area (Å²) in [6.07, 6.45) is 4.25. The van der Waals surface area contributed by atoms with Gasteiger partial charge in [0.1, 0.15) is 5.41 Å². The van der Waals surface area contributed by atoms with Crippen molar-refractivity contribution in [2.24, 2.45) is 11.3 Å². The van der Waals surface area contributed by atoms with E-state index in [1.807, 2.05) is 0 Å². The second-order valence-electron chi connectivity index (χ2n) is 5.76. The zero-order chi connectivity index (χ0) is 12.5. The smallest absolute Gasteiger partial charge is 0.314 e. The first-order valence-corrected chi connectivity index (χ1v) is 6.54. The van der Waals surface area contributed by atoms with Crippen molar-refractivity contribution in [2.75, 3.05) is 13.2 Å². The monoisotopic (exact) mass is 242 g/mol. The third-order valence-electron chi connectivity index (χ3n) is 4.64. The molecule has 0 aromatic carbocycles. The van der Waals surface area contributed by atoms with E-state index >= 15 is 0 Å². The molecule has 1 saturated carbocycles. The molecule has 1 aliphatic carbocycles. The van der Waals surface area contributed by atoms with E-state index in [0.29, 0.717) is 31.8 Å². The van der Waals surface area contributed by atoms with Crippen LogP contribution in [0.4, 0.5) is 0 Å². The van der Waals surface area contributed by atoms with Gasteiger partial charge in [-0.2, -0.15) is 0 Å². The molecule has 2 N–H and O–H groups in total. The molecular formula is C13H22O4. The Balaban J connectivity index is 2.23. The number of carboxylic acid groups (broad SMARTS) is 1. The summed E-state index contributed by atoms with van der Waals surface area (Å²) in [6.45, 7) is 2.93. The summed E-state index contributed by atoms with van der Waals surface area (Å²) in [7, 11) is 0. The van der Waals surface area contributed by atoms with Crippen LogP contribution in [0.5, 0.6) is 0 Å². The zero-order valence-electron chi connectivity index (χ0n) is 10.4. The van der Waals surface area contributed by atoms with Gasteiger partial charge in [-0.1, -0.05) is 6.92 Å². The molecule has 4 nitrogen and oxygen atoms in total. The van der Waals surface area contributed by atoms with Crippen LogP contribution in [0.3, 0.4) is 0 Å². The molecule has 1 heterocycles. The molecule has 0 bridgehead atoms. The van der Waals surface area contributed by atoms with Crippen LogP contribution < -0.4 is 0 Å². The second kappa shape index (κ2) is 4.58. The summed E-state index contributed by atoms with van der Waals surface area (Å²) >= 11 is 0. The van der Waals surface area contributed by atoms with Crippen LogP contribution >= 0.6 is 0 Å². The maximum atomic E-state index is 11.6. The lowest BCUT2D eigenvalue weighted by Crippen LogP contribution is -2.58. The first-order chi connectivity index (χ1) is 8.00. The van der Waals surface area contributed by atoms with E-state index in [2.05, 4.69) is 6.92 Å². The summed E-state index contributed by atoms with van der Waals surface area (Å²) in [4.78, 5) is 11.6. The summed E-state index contributed by atoms with van der Waals surface area (Å²) in [6, 6.07) is 0. The summed E-state index contributed by atoms with van der Waals surface area (Å²) < 4.78 is 5.35. The lowest BCUT2D eigenvalue weighted by molar-refractivity contribution is -0.197. The predicted octanol–water partition coefficient (Wildman–Crippen LogP) is 1.81. The molecule has 2 rings (SSSR count). The van der Waals surface area contributed by atoms with Gasteiger partial charge in [0.25, 0.3) is 0 Å². The minimum Gasteiger partial charge on any atom is -0.481 e. The highest BCUT2D eigenvalue weighted by Gasteiger charge is 2.57. The number of carbonyl (C=O) groups is 1. The van der Waals surface area contributed by atoms with Crippen molar-refractivity contribution < 1.29 is 19.7 Å². The highest BCUT2D eigenvalue weighted by molar-refractivity contribution is 5.76. The molecular weight excluding hydrogens is 220 g/mol. The van der Waals surface area contributed by atoms with Gasteiger partial charge >= 0.3 is 5.97 Å². The Morgan fingerprint density at radius 2 is 1.94 bits per heavy atom. The van der Waals surface area contributed by atoms with Crippen molar-refractivity contribution in [3.63, 3.8) is 0 Å². The molecule has 98 valence electrons. The number of rotatable bonds is 2. The fourth-order valence-corrected chi connectivity index (χ4v) is 3.25. The van der Waals surface area contributed by atoms with Gasteiger partial charge in [-0.15, -0.1) is 0 Å². The Labute approximate surface area is 102 Å². The van der Waals surface area contributed by atoms with E-state index < -0.39 is 17.0 Å². The van der Waals surface area contributed by atoms with Crippen molar-refractivity contribution >= 4 is 5.97 Å². The van der Waals surface area contributed by atoms with E-state index in [0.717, 1.165) is 19.3 Å². The topological polar surface area (TPSA) is 66.8 Å². The third-order valence-corrected chi connectivity index (χ3v) is 4.64. The molecule has 2 aliphatic rings. The lowest BCUT2D eigenvalue weighted by Gasteiger charge is -2.49. The second-order valence-corrected chi connectivity index (χ2v) is 5.76. The Kier molecular flexibility index (Phi) is 3.46. The maximum absolute atomic E-state index is 11.6. The molecule has 1 aliphatic heterocycles. The SMILES string of the molecule is CC1CCC(O)(C2(C(=O)O)CCCOC2)CC1. The molecule has 0 spiro atoms. The number of hydrogen-bond acceptors (Lipinski definition) is 3. The average Bonchev–Trinajstić information content (AvgIpc) is 2.34. The number of ether oxygens (including phenoxy) is 1. The number of aliphatic hydroxyl groups is 1. The highest BCUT2D eigenvalue weighted by Crippen LogP contribution is 2.48. The van der Waals surface area contributed by atoms with Crippen LogP contribution in [0.15, 0.2) is 0 Å². The van der Waals surface area contributed by atoms with Crippen molar-refractivity contribution in [3.8, 4) is 0 Å². The van der Waals surface area contributed by atoms with Crippen LogP contribution in [0.1, 0.15) is 45.4 Å². The predicted molar refractivity (Wildman–Crippen MR) is 62.7 cm³/mol. The standard InChI is InChI=1S/C13H22O4/c1-10-3-6-13(16,7-4-10)12(11(14)15)5-2-8-17-9-12/h10,16H,2-9H2,1H3,(H,14,15). The van der Waals surface area contributed by atoms with Crippen LogP contribution in [0.25, 0.3) is 0 Å². The van der Waals surface area contributed by atoms with E-state index in [9.17, 15) is 15.0 Å².